The van der Waals surface area contributed by atoms with Crippen molar-refractivity contribution in [2.75, 3.05) is 40.1 Å². The molecule has 36 heavy (non-hydrogen) atoms. The van der Waals surface area contributed by atoms with Gasteiger partial charge in [0.15, 0.2) is 5.67 Å². The fourth-order valence-electron chi connectivity index (χ4n) is 5.93. The highest BCUT2D eigenvalue weighted by atomic mass is 19.1. The van der Waals surface area contributed by atoms with Gasteiger partial charge < -0.3 is 14.2 Å². The van der Waals surface area contributed by atoms with Crippen molar-refractivity contribution in [1.82, 2.24) is 4.90 Å². The zero-order chi connectivity index (χ0) is 25.1. The number of ether oxygens (including phenoxy) is 3. The molecule has 0 bridgehead atoms. The highest BCUT2D eigenvalue weighted by Gasteiger charge is 2.47. The van der Waals surface area contributed by atoms with Crippen molar-refractivity contribution in [3.05, 3.63) is 64.7 Å². The van der Waals surface area contributed by atoms with Crippen LogP contribution < -0.4 is 9.47 Å². The minimum atomic E-state index is -1.31. The van der Waals surface area contributed by atoms with Crippen LogP contribution in [0, 0.1) is 0 Å². The Morgan fingerprint density at radius 1 is 1.08 bits per heavy atom. The molecule has 1 aliphatic carbocycles. The first kappa shape index (κ1) is 25.2. The molecule has 0 radical (unpaired) electrons. The molecule has 3 aliphatic rings. The van der Waals surface area contributed by atoms with E-state index in [4.69, 9.17) is 14.2 Å². The van der Waals surface area contributed by atoms with Crippen molar-refractivity contribution < 1.29 is 23.0 Å². The standard InChI is InChI=1S/C30H37F2NO3/c1-21-15-26-24-10-6-5-9-22(24)16-27(26)29(33(21)18-30(32)19-35-20-30)25-12-11-23(17-28(25)34-2)36-14-8-4-3-7-13-31/h5-6,9-12,17,21,29H,3-4,7-8,13-16,18-20H2,1-2H3/t21-,29-/m1/s1. The average molecular weight is 498 g/mol. The molecule has 0 saturated carbocycles. The fraction of sp³-hybridized carbons (Fsp3) is 0.533. The van der Waals surface area contributed by atoms with E-state index in [0.29, 0.717) is 19.6 Å². The number of halogens is 2. The van der Waals surface area contributed by atoms with Gasteiger partial charge in [0.05, 0.1) is 39.6 Å². The lowest BCUT2D eigenvalue weighted by atomic mass is 9.83. The summed E-state index contributed by atoms with van der Waals surface area (Å²) in [4.78, 5) is 2.32. The normalized spacial score (nSPS) is 22.7. The fourth-order valence-corrected chi connectivity index (χ4v) is 5.93. The molecule has 0 N–H and O–H groups in total. The zero-order valence-corrected chi connectivity index (χ0v) is 21.4. The molecule has 0 amide bonds. The Morgan fingerprint density at radius 3 is 2.64 bits per heavy atom. The number of alkyl halides is 2. The van der Waals surface area contributed by atoms with Crippen molar-refractivity contribution in [2.45, 2.75) is 63.2 Å². The summed E-state index contributed by atoms with van der Waals surface area (Å²) >= 11 is 0. The number of fused-ring (bicyclic) bond motifs is 2. The van der Waals surface area contributed by atoms with Gasteiger partial charge in [-0.2, -0.15) is 0 Å². The van der Waals surface area contributed by atoms with Gasteiger partial charge in [0.25, 0.3) is 0 Å². The van der Waals surface area contributed by atoms with Crippen LogP contribution in [0.3, 0.4) is 0 Å². The molecule has 4 nitrogen and oxygen atoms in total. The lowest BCUT2D eigenvalue weighted by Gasteiger charge is -2.47. The van der Waals surface area contributed by atoms with Crippen molar-refractivity contribution in [3.63, 3.8) is 0 Å². The van der Waals surface area contributed by atoms with Crippen LogP contribution >= 0.6 is 0 Å². The third-order valence-corrected chi connectivity index (χ3v) is 7.82. The topological polar surface area (TPSA) is 30.9 Å². The van der Waals surface area contributed by atoms with Crippen molar-refractivity contribution in [3.8, 4) is 11.5 Å². The summed E-state index contributed by atoms with van der Waals surface area (Å²) in [7, 11) is 1.69. The van der Waals surface area contributed by atoms with Crippen LogP contribution in [0.1, 0.15) is 61.8 Å². The quantitative estimate of drug-likeness (QED) is 0.332. The highest BCUT2D eigenvalue weighted by molar-refractivity contribution is 5.79. The monoisotopic (exact) mass is 497 g/mol. The van der Waals surface area contributed by atoms with Crippen molar-refractivity contribution in [1.29, 1.82) is 0 Å². The maximum absolute atomic E-state index is 15.4. The number of hydrogen-bond donors (Lipinski definition) is 0. The Balaban J connectivity index is 1.44. The SMILES string of the molecule is COc1cc(OCCCCCCF)ccc1[C@@H]1C2=C(C[C@@H](C)N1CC1(F)COC1)c1ccccc1C2. The Morgan fingerprint density at radius 2 is 1.89 bits per heavy atom. The van der Waals surface area contributed by atoms with E-state index in [1.807, 2.05) is 12.1 Å². The molecular weight excluding hydrogens is 460 g/mol. The van der Waals surface area contributed by atoms with Gasteiger partial charge in [0.2, 0.25) is 0 Å². The molecular formula is C30H37F2NO3. The summed E-state index contributed by atoms with van der Waals surface area (Å²) in [6, 6.07) is 14.8. The molecule has 2 aliphatic heterocycles. The Bertz CT molecular complexity index is 1100. The minimum Gasteiger partial charge on any atom is -0.496 e. The van der Waals surface area contributed by atoms with Gasteiger partial charge in [-0.1, -0.05) is 30.7 Å². The molecule has 194 valence electrons. The van der Waals surface area contributed by atoms with E-state index >= 15 is 4.39 Å². The molecule has 0 unspecified atom stereocenters. The zero-order valence-electron chi connectivity index (χ0n) is 21.4. The maximum atomic E-state index is 15.4. The van der Waals surface area contributed by atoms with Gasteiger partial charge in [0.1, 0.15) is 11.5 Å². The number of rotatable bonds is 11. The second kappa shape index (κ2) is 10.9. The van der Waals surface area contributed by atoms with E-state index in [1.54, 1.807) is 7.11 Å². The lowest BCUT2D eigenvalue weighted by molar-refractivity contribution is -0.147. The van der Waals surface area contributed by atoms with E-state index in [0.717, 1.165) is 49.2 Å². The predicted octanol–water partition coefficient (Wildman–Crippen LogP) is 6.49. The molecule has 0 spiro atoms. The first-order valence-corrected chi connectivity index (χ1v) is 13.2. The Labute approximate surface area is 213 Å². The Kier molecular flexibility index (Phi) is 7.63. The van der Waals surface area contributed by atoms with Crippen LogP contribution in [0.25, 0.3) is 5.57 Å². The van der Waals surface area contributed by atoms with Gasteiger partial charge in [-0.05, 0) is 73.4 Å². The van der Waals surface area contributed by atoms with Gasteiger partial charge in [0, 0.05) is 24.2 Å². The third-order valence-electron chi connectivity index (χ3n) is 7.82. The number of unbranched alkanes of at least 4 members (excludes halogenated alkanes) is 3. The van der Waals surface area contributed by atoms with Crippen LogP contribution in [0.2, 0.25) is 0 Å². The van der Waals surface area contributed by atoms with E-state index in [9.17, 15) is 4.39 Å². The van der Waals surface area contributed by atoms with E-state index in [2.05, 4.69) is 42.2 Å². The molecule has 2 heterocycles. The van der Waals surface area contributed by atoms with Gasteiger partial charge >= 0.3 is 0 Å². The number of methoxy groups -OCH3 is 1. The maximum Gasteiger partial charge on any atom is 0.169 e. The summed E-state index contributed by atoms with van der Waals surface area (Å²) < 4.78 is 44.8. The second-order valence-corrected chi connectivity index (χ2v) is 10.5. The number of nitrogens with zero attached hydrogens (tertiary/aromatic N) is 1. The van der Waals surface area contributed by atoms with Crippen LogP contribution in [-0.4, -0.2) is 56.8 Å². The van der Waals surface area contributed by atoms with Crippen LogP contribution in [0.4, 0.5) is 8.78 Å². The number of hydrogen-bond acceptors (Lipinski definition) is 4. The molecule has 1 saturated heterocycles. The molecule has 2 aromatic carbocycles. The molecule has 0 aromatic heterocycles. The van der Waals surface area contributed by atoms with Crippen LogP contribution in [-0.2, 0) is 11.2 Å². The van der Waals surface area contributed by atoms with Crippen molar-refractivity contribution >= 4 is 5.57 Å². The predicted molar refractivity (Wildman–Crippen MR) is 138 cm³/mol. The lowest BCUT2D eigenvalue weighted by Crippen LogP contribution is -2.57. The summed E-state index contributed by atoms with van der Waals surface area (Å²) in [5.41, 5.74) is 5.15. The van der Waals surface area contributed by atoms with Crippen molar-refractivity contribution in [2.24, 2.45) is 0 Å². The smallest absolute Gasteiger partial charge is 0.169 e. The largest absolute Gasteiger partial charge is 0.496 e. The summed E-state index contributed by atoms with van der Waals surface area (Å²) in [6.07, 6.45) is 5.14. The molecule has 2 aromatic rings. The Hall–Kier alpha value is -2.44. The summed E-state index contributed by atoms with van der Waals surface area (Å²) in [6.45, 7) is 3.20. The van der Waals surface area contributed by atoms with E-state index < -0.39 is 5.67 Å². The van der Waals surface area contributed by atoms with Crippen LogP contribution in [0.5, 0.6) is 11.5 Å². The number of benzene rings is 2. The van der Waals surface area contributed by atoms with Crippen LogP contribution in [0.15, 0.2) is 48.0 Å². The molecule has 2 atom stereocenters. The van der Waals surface area contributed by atoms with Gasteiger partial charge in [-0.25, -0.2) is 4.39 Å². The summed E-state index contributed by atoms with van der Waals surface area (Å²) in [5.74, 6) is 1.52. The van der Waals surface area contributed by atoms with E-state index in [-0.39, 0.29) is 32.0 Å². The first-order valence-electron chi connectivity index (χ1n) is 13.2. The molecule has 1 fully saturated rings. The van der Waals surface area contributed by atoms with E-state index in [1.165, 1.54) is 22.3 Å². The average Bonchev–Trinajstić information content (AvgIpc) is 3.23. The summed E-state index contributed by atoms with van der Waals surface area (Å²) in [5, 5.41) is 0. The first-order chi connectivity index (χ1) is 17.5. The molecule has 5 rings (SSSR count). The molecule has 6 heteroatoms. The highest BCUT2D eigenvalue weighted by Crippen LogP contribution is 2.51. The second-order valence-electron chi connectivity index (χ2n) is 10.5. The van der Waals surface area contributed by atoms with Gasteiger partial charge in [-0.3, -0.25) is 9.29 Å². The minimum absolute atomic E-state index is 0.0749. The third kappa shape index (κ3) is 5.03. The van der Waals surface area contributed by atoms with Gasteiger partial charge in [-0.15, -0.1) is 0 Å².